The van der Waals surface area contributed by atoms with Gasteiger partial charge in [0.05, 0.1) is 0 Å². The Labute approximate surface area is 148 Å². The number of hydrogen-bond donors (Lipinski definition) is 1. The molecule has 1 N–H and O–H groups in total. The third-order valence-electron chi connectivity index (χ3n) is 4.38. The molecule has 0 aromatic heterocycles. The predicted octanol–water partition coefficient (Wildman–Crippen LogP) is 2.81. The molecule has 1 aliphatic heterocycles. The van der Waals surface area contributed by atoms with E-state index in [1.54, 1.807) is 6.20 Å². The van der Waals surface area contributed by atoms with Gasteiger partial charge in [0.1, 0.15) is 11.6 Å². The molecule has 25 heavy (non-hydrogen) atoms. The van der Waals surface area contributed by atoms with Gasteiger partial charge in [0.15, 0.2) is 0 Å². The molecule has 0 radical (unpaired) electrons. The summed E-state index contributed by atoms with van der Waals surface area (Å²) in [6, 6.07) is 20.3. The lowest BCUT2D eigenvalue weighted by Crippen LogP contribution is -2.30. The minimum absolute atomic E-state index is 0.160. The Hall–Kier alpha value is -3.06. The smallest absolute Gasteiger partial charge is 0.263 e. The Balaban J connectivity index is 1.57. The molecule has 0 fully saturated rings. The lowest BCUT2D eigenvalue weighted by atomic mass is 10.0. The maximum absolute atomic E-state index is 12.3. The number of nitrogens with zero attached hydrogens (tertiary/aromatic N) is 2. The summed E-state index contributed by atoms with van der Waals surface area (Å²) >= 11 is 0. The summed E-state index contributed by atoms with van der Waals surface area (Å²) in [4.78, 5) is 14.3. The largest absolute Gasteiger partial charge is 0.371 e. The summed E-state index contributed by atoms with van der Waals surface area (Å²) in [7, 11) is 0. The number of hydrogen-bond acceptors (Lipinski definition) is 3. The predicted molar refractivity (Wildman–Crippen MR) is 97.4 cm³/mol. The molecule has 0 aliphatic carbocycles. The van der Waals surface area contributed by atoms with Crippen LogP contribution in [-0.2, 0) is 24.2 Å². The van der Waals surface area contributed by atoms with Crippen molar-refractivity contribution in [1.82, 2.24) is 10.2 Å². The average Bonchev–Trinajstić information content (AvgIpc) is 2.66. The van der Waals surface area contributed by atoms with Gasteiger partial charge in [-0.1, -0.05) is 54.6 Å². The lowest BCUT2D eigenvalue weighted by molar-refractivity contribution is -0.117. The molecule has 126 valence electrons. The van der Waals surface area contributed by atoms with Gasteiger partial charge in [0.2, 0.25) is 0 Å². The zero-order chi connectivity index (χ0) is 17.5. The highest BCUT2D eigenvalue weighted by atomic mass is 16.1. The van der Waals surface area contributed by atoms with Crippen LogP contribution in [0.15, 0.2) is 66.4 Å². The van der Waals surface area contributed by atoms with Gasteiger partial charge < -0.3 is 10.2 Å². The highest BCUT2D eigenvalue weighted by Gasteiger charge is 2.16. The maximum atomic E-state index is 12.3. The Morgan fingerprint density at radius 3 is 2.60 bits per heavy atom. The van der Waals surface area contributed by atoms with E-state index in [0.717, 1.165) is 31.5 Å². The third kappa shape index (κ3) is 4.48. The number of benzene rings is 2. The van der Waals surface area contributed by atoms with Gasteiger partial charge >= 0.3 is 0 Å². The van der Waals surface area contributed by atoms with Crippen LogP contribution in [0.2, 0.25) is 0 Å². The second kappa shape index (κ2) is 8.16. The monoisotopic (exact) mass is 331 g/mol. The summed E-state index contributed by atoms with van der Waals surface area (Å²) in [5.41, 5.74) is 3.93. The summed E-state index contributed by atoms with van der Waals surface area (Å²) in [5, 5.41) is 12.2. The second-order valence-corrected chi connectivity index (χ2v) is 6.14. The van der Waals surface area contributed by atoms with Crippen molar-refractivity contribution in [3.05, 3.63) is 83.1 Å². The number of amides is 1. The van der Waals surface area contributed by atoms with Crippen LogP contribution in [-0.4, -0.2) is 23.9 Å². The fourth-order valence-electron chi connectivity index (χ4n) is 3.01. The van der Waals surface area contributed by atoms with Crippen LogP contribution in [0, 0.1) is 11.3 Å². The molecule has 2 aromatic carbocycles. The van der Waals surface area contributed by atoms with Crippen LogP contribution in [0.25, 0.3) is 0 Å². The standard InChI is InChI=1S/C21H21N3O/c22-14-20(21(25)23-12-10-17-6-2-1-3-7-17)16-24-13-11-18-8-4-5-9-19(18)15-24/h1-9,16H,10-13,15H2,(H,23,25)/b20-16-. The van der Waals surface area contributed by atoms with E-state index in [1.807, 2.05) is 53.4 Å². The molecule has 4 heteroatoms. The Bertz CT molecular complexity index is 805. The molecule has 2 aromatic rings. The van der Waals surface area contributed by atoms with Gasteiger partial charge in [-0.05, 0) is 29.5 Å². The van der Waals surface area contributed by atoms with Crippen LogP contribution >= 0.6 is 0 Å². The summed E-state index contributed by atoms with van der Waals surface area (Å²) in [6.07, 6.45) is 3.37. The highest BCUT2D eigenvalue weighted by Crippen LogP contribution is 2.19. The topological polar surface area (TPSA) is 56.1 Å². The molecule has 1 aliphatic rings. The van der Waals surface area contributed by atoms with Gasteiger partial charge in [-0.25, -0.2) is 0 Å². The minimum atomic E-state index is -0.308. The van der Waals surface area contributed by atoms with Crippen LogP contribution in [0.5, 0.6) is 0 Å². The number of carbonyl (C=O) groups excluding carboxylic acids is 1. The van der Waals surface area contributed by atoms with E-state index in [2.05, 4.69) is 17.4 Å². The van der Waals surface area contributed by atoms with Gasteiger partial charge in [0, 0.05) is 25.8 Å². The average molecular weight is 331 g/mol. The van der Waals surface area contributed by atoms with E-state index in [4.69, 9.17) is 0 Å². The van der Waals surface area contributed by atoms with Crippen LogP contribution in [0.3, 0.4) is 0 Å². The Morgan fingerprint density at radius 1 is 1.12 bits per heavy atom. The Kier molecular flexibility index (Phi) is 5.48. The van der Waals surface area contributed by atoms with Crippen LogP contribution < -0.4 is 5.32 Å². The molecule has 0 atom stereocenters. The zero-order valence-electron chi connectivity index (χ0n) is 14.1. The van der Waals surface area contributed by atoms with E-state index >= 15 is 0 Å². The first kappa shape index (κ1) is 16.8. The minimum Gasteiger partial charge on any atom is -0.371 e. The molecule has 0 unspecified atom stereocenters. The van der Waals surface area contributed by atoms with E-state index in [-0.39, 0.29) is 11.5 Å². The number of nitrogens with one attached hydrogen (secondary N) is 1. The van der Waals surface area contributed by atoms with Crippen LogP contribution in [0.4, 0.5) is 0 Å². The van der Waals surface area contributed by atoms with Crippen molar-refractivity contribution in [2.45, 2.75) is 19.4 Å². The van der Waals surface area contributed by atoms with Crippen molar-refractivity contribution in [1.29, 1.82) is 5.26 Å². The molecule has 1 heterocycles. The van der Waals surface area contributed by atoms with Crippen molar-refractivity contribution in [2.24, 2.45) is 0 Å². The van der Waals surface area contributed by atoms with E-state index in [0.29, 0.717) is 6.54 Å². The molecule has 1 amide bonds. The molecule has 0 saturated carbocycles. The zero-order valence-corrected chi connectivity index (χ0v) is 14.1. The van der Waals surface area contributed by atoms with Crippen LogP contribution in [0.1, 0.15) is 16.7 Å². The Morgan fingerprint density at radius 2 is 1.84 bits per heavy atom. The first-order chi connectivity index (χ1) is 12.3. The van der Waals surface area contributed by atoms with Gasteiger partial charge in [0.25, 0.3) is 5.91 Å². The lowest BCUT2D eigenvalue weighted by Gasteiger charge is -2.27. The molecule has 0 saturated heterocycles. The summed E-state index contributed by atoms with van der Waals surface area (Å²) in [6.45, 7) is 2.07. The molecule has 0 bridgehead atoms. The molecule has 3 rings (SSSR count). The second-order valence-electron chi connectivity index (χ2n) is 6.14. The van der Waals surface area contributed by atoms with Crippen molar-refractivity contribution in [3.8, 4) is 6.07 Å². The van der Waals surface area contributed by atoms with Gasteiger partial charge in [-0.15, -0.1) is 0 Å². The maximum Gasteiger partial charge on any atom is 0.263 e. The van der Waals surface area contributed by atoms with Gasteiger partial charge in [-0.3, -0.25) is 4.79 Å². The SMILES string of the molecule is N#C/C(=C/N1CCc2ccccc2C1)C(=O)NCCc1ccccc1. The van der Waals surface area contributed by atoms with Crippen molar-refractivity contribution in [3.63, 3.8) is 0 Å². The third-order valence-corrected chi connectivity index (χ3v) is 4.38. The molecule has 0 spiro atoms. The summed E-state index contributed by atoms with van der Waals surface area (Å²) < 4.78 is 0. The molecule has 4 nitrogen and oxygen atoms in total. The van der Waals surface area contributed by atoms with E-state index in [1.165, 1.54) is 11.1 Å². The van der Waals surface area contributed by atoms with Crippen molar-refractivity contribution in [2.75, 3.05) is 13.1 Å². The molecular formula is C21H21N3O. The van der Waals surface area contributed by atoms with E-state index in [9.17, 15) is 10.1 Å². The first-order valence-corrected chi connectivity index (χ1v) is 8.51. The fraction of sp³-hybridized carbons (Fsp3) is 0.238. The summed E-state index contributed by atoms with van der Waals surface area (Å²) in [5.74, 6) is -0.308. The number of fused-ring (bicyclic) bond motifs is 1. The first-order valence-electron chi connectivity index (χ1n) is 8.51. The number of carbonyl (C=O) groups is 1. The normalized spacial score (nSPS) is 13.7. The molecular weight excluding hydrogens is 310 g/mol. The van der Waals surface area contributed by atoms with Gasteiger partial charge in [-0.2, -0.15) is 5.26 Å². The van der Waals surface area contributed by atoms with Crippen molar-refractivity contribution >= 4 is 5.91 Å². The highest BCUT2D eigenvalue weighted by molar-refractivity contribution is 5.97. The fourth-order valence-corrected chi connectivity index (χ4v) is 3.01. The van der Waals surface area contributed by atoms with E-state index < -0.39 is 0 Å². The van der Waals surface area contributed by atoms with Crippen molar-refractivity contribution < 1.29 is 4.79 Å². The number of nitriles is 1. The quantitative estimate of drug-likeness (QED) is 0.677. The number of rotatable bonds is 5.